The topological polar surface area (TPSA) is 85.1 Å². The molecule has 1 aliphatic carbocycles. The van der Waals surface area contributed by atoms with E-state index in [2.05, 4.69) is 10.3 Å². The first-order valence-electron chi connectivity index (χ1n) is 5.23. The lowest BCUT2D eigenvalue weighted by atomic mass is 10.1. The molecule has 6 heteroatoms. The lowest BCUT2D eigenvalue weighted by Gasteiger charge is -2.07. The molecule has 1 heterocycles. The van der Waals surface area contributed by atoms with Crippen LogP contribution in [-0.4, -0.2) is 16.8 Å². The van der Waals surface area contributed by atoms with Gasteiger partial charge in [-0.25, -0.2) is 4.98 Å². The van der Waals surface area contributed by atoms with Crippen LogP contribution in [-0.2, 0) is 4.79 Å². The number of primary amides is 1. The van der Waals surface area contributed by atoms with Crippen molar-refractivity contribution in [1.29, 1.82) is 0 Å². The van der Waals surface area contributed by atoms with Gasteiger partial charge in [0, 0.05) is 11.3 Å². The van der Waals surface area contributed by atoms with E-state index in [4.69, 9.17) is 5.73 Å². The highest BCUT2D eigenvalue weighted by atomic mass is 32.1. The molecule has 3 N–H and O–H groups in total. The number of hydrogen-bond acceptors (Lipinski definition) is 4. The third kappa shape index (κ3) is 2.38. The van der Waals surface area contributed by atoms with E-state index in [0.717, 1.165) is 25.7 Å². The quantitative estimate of drug-likeness (QED) is 0.835. The van der Waals surface area contributed by atoms with E-state index in [1.807, 2.05) is 0 Å². The molecule has 5 nitrogen and oxygen atoms in total. The number of carbonyl (C=O) groups is 2. The molecule has 1 aromatic heterocycles. The second kappa shape index (κ2) is 4.61. The Labute approximate surface area is 97.1 Å². The van der Waals surface area contributed by atoms with Gasteiger partial charge in [-0.15, -0.1) is 11.3 Å². The van der Waals surface area contributed by atoms with Gasteiger partial charge in [-0.1, -0.05) is 12.8 Å². The van der Waals surface area contributed by atoms with Gasteiger partial charge in [-0.05, 0) is 12.8 Å². The van der Waals surface area contributed by atoms with Crippen LogP contribution < -0.4 is 11.1 Å². The van der Waals surface area contributed by atoms with E-state index in [9.17, 15) is 9.59 Å². The minimum absolute atomic E-state index is 0.00266. The van der Waals surface area contributed by atoms with Crippen LogP contribution in [0.25, 0.3) is 0 Å². The molecule has 1 aliphatic rings. The number of rotatable bonds is 3. The maximum atomic E-state index is 11.7. The van der Waals surface area contributed by atoms with Crippen LogP contribution in [0.3, 0.4) is 0 Å². The van der Waals surface area contributed by atoms with Crippen LogP contribution in [0.5, 0.6) is 0 Å². The van der Waals surface area contributed by atoms with E-state index in [0.29, 0.717) is 5.13 Å². The minimum Gasteiger partial charge on any atom is -0.364 e. The van der Waals surface area contributed by atoms with E-state index in [1.54, 1.807) is 5.38 Å². The van der Waals surface area contributed by atoms with Crippen molar-refractivity contribution < 1.29 is 9.59 Å². The summed E-state index contributed by atoms with van der Waals surface area (Å²) in [6, 6.07) is 0. The van der Waals surface area contributed by atoms with Gasteiger partial charge in [-0.3, -0.25) is 9.59 Å². The SMILES string of the molecule is NC(=O)c1csc(NC(=O)C2CCCC2)n1. The molecule has 0 aromatic carbocycles. The van der Waals surface area contributed by atoms with Crippen LogP contribution in [0.4, 0.5) is 5.13 Å². The maximum Gasteiger partial charge on any atom is 0.268 e. The number of nitrogens with zero attached hydrogens (tertiary/aromatic N) is 1. The summed E-state index contributed by atoms with van der Waals surface area (Å²) >= 11 is 1.22. The highest BCUT2D eigenvalue weighted by Gasteiger charge is 2.23. The van der Waals surface area contributed by atoms with E-state index >= 15 is 0 Å². The van der Waals surface area contributed by atoms with Gasteiger partial charge >= 0.3 is 0 Å². The number of aromatic nitrogens is 1. The molecule has 16 heavy (non-hydrogen) atoms. The van der Waals surface area contributed by atoms with Crippen molar-refractivity contribution in [3.63, 3.8) is 0 Å². The summed E-state index contributed by atoms with van der Waals surface area (Å²) in [4.78, 5) is 26.5. The van der Waals surface area contributed by atoms with Crippen molar-refractivity contribution in [2.24, 2.45) is 11.7 Å². The Kier molecular flexibility index (Phi) is 3.19. The first-order chi connectivity index (χ1) is 7.66. The lowest BCUT2D eigenvalue weighted by Crippen LogP contribution is -2.20. The Morgan fingerprint density at radius 2 is 2.12 bits per heavy atom. The van der Waals surface area contributed by atoms with Gasteiger partial charge in [0.1, 0.15) is 5.69 Å². The Morgan fingerprint density at radius 3 is 2.69 bits per heavy atom. The molecule has 1 fully saturated rings. The van der Waals surface area contributed by atoms with Gasteiger partial charge in [0.15, 0.2) is 5.13 Å². The van der Waals surface area contributed by atoms with Gasteiger partial charge in [0.2, 0.25) is 5.91 Å². The average Bonchev–Trinajstić information content (AvgIpc) is 2.87. The Bertz CT molecular complexity index is 410. The van der Waals surface area contributed by atoms with Crippen molar-refractivity contribution in [1.82, 2.24) is 4.98 Å². The number of hydrogen-bond donors (Lipinski definition) is 2. The molecule has 0 saturated heterocycles. The highest BCUT2D eigenvalue weighted by molar-refractivity contribution is 7.14. The van der Waals surface area contributed by atoms with Crippen LogP contribution in [0.2, 0.25) is 0 Å². The third-order valence-corrected chi connectivity index (χ3v) is 3.47. The van der Waals surface area contributed by atoms with Crippen molar-refractivity contribution in [2.45, 2.75) is 25.7 Å². The van der Waals surface area contributed by atoms with Crippen LogP contribution in [0.1, 0.15) is 36.2 Å². The summed E-state index contributed by atoms with van der Waals surface area (Å²) in [7, 11) is 0. The van der Waals surface area contributed by atoms with E-state index in [-0.39, 0.29) is 17.5 Å². The molecule has 0 aliphatic heterocycles. The van der Waals surface area contributed by atoms with Crippen molar-refractivity contribution >= 4 is 28.3 Å². The number of thiazole rings is 1. The zero-order valence-corrected chi connectivity index (χ0v) is 9.55. The summed E-state index contributed by atoms with van der Waals surface area (Å²) in [5, 5.41) is 4.72. The van der Waals surface area contributed by atoms with Gasteiger partial charge in [0.25, 0.3) is 5.91 Å². The predicted octanol–water partition coefficient (Wildman–Crippen LogP) is 1.37. The molecule has 0 radical (unpaired) electrons. The molecule has 86 valence electrons. The standard InChI is InChI=1S/C10H13N3O2S/c11-8(14)7-5-16-10(12-7)13-9(15)6-3-1-2-4-6/h5-6H,1-4H2,(H2,11,14)(H,12,13,15). The van der Waals surface area contributed by atoms with E-state index in [1.165, 1.54) is 11.3 Å². The van der Waals surface area contributed by atoms with Gasteiger partial charge in [-0.2, -0.15) is 0 Å². The Balaban J connectivity index is 1.97. The fourth-order valence-electron chi connectivity index (χ4n) is 1.84. The molecular weight excluding hydrogens is 226 g/mol. The second-order valence-electron chi connectivity index (χ2n) is 3.87. The van der Waals surface area contributed by atoms with Crippen LogP contribution >= 0.6 is 11.3 Å². The number of amides is 2. The summed E-state index contributed by atoms with van der Waals surface area (Å²) in [6.07, 6.45) is 4.12. The molecule has 0 atom stereocenters. The zero-order valence-electron chi connectivity index (χ0n) is 8.73. The summed E-state index contributed by atoms with van der Waals surface area (Å²) in [5.41, 5.74) is 5.27. The fourth-order valence-corrected chi connectivity index (χ4v) is 2.54. The summed E-state index contributed by atoms with van der Waals surface area (Å²) in [6.45, 7) is 0. The zero-order chi connectivity index (χ0) is 11.5. The van der Waals surface area contributed by atoms with Gasteiger partial charge in [0.05, 0.1) is 0 Å². The molecule has 2 amide bonds. The normalized spacial score (nSPS) is 16.2. The third-order valence-electron chi connectivity index (χ3n) is 2.71. The number of carbonyl (C=O) groups excluding carboxylic acids is 2. The lowest BCUT2D eigenvalue weighted by molar-refractivity contribution is -0.119. The first-order valence-corrected chi connectivity index (χ1v) is 6.11. The largest absolute Gasteiger partial charge is 0.364 e. The molecular formula is C10H13N3O2S. The number of anilines is 1. The predicted molar refractivity (Wildman–Crippen MR) is 61.2 cm³/mol. The summed E-state index contributed by atoms with van der Waals surface area (Å²) in [5.74, 6) is -0.471. The van der Waals surface area contributed by atoms with Crippen molar-refractivity contribution in [3.05, 3.63) is 11.1 Å². The summed E-state index contributed by atoms with van der Waals surface area (Å²) < 4.78 is 0. The van der Waals surface area contributed by atoms with E-state index < -0.39 is 5.91 Å². The molecule has 1 saturated carbocycles. The number of nitrogens with two attached hydrogens (primary N) is 1. The maximum absolute atomic E-state index is 11.7. The highest BCUT2D eigenvalue weighted by Crippen LogP contribution is 2.26. The molecule has 0 spiro atoms. The molecule has 1 aromatic rings. The Morgan fingerprint density at radius 1 is 1.44 bits per heavy atom. The second-order valence-corrected chi connectivity index (χ2v) is 4.73. The fraction of sp³-hybridized carbons (Fsp3) is 0.500. The molecule has 0 unspecified atom stereocenters. The Hall–Kier alpha value is -1.43. The van der Waals surface area contributed by atoms with Crippen LogP contribution in [0.15, 0.2) is 5.38 Å². The number of nitrogens with one attached hydrogen (secondary N) is 1. The first kappa shape index (κ1) is 11.1. The van der Waals surface area contributed by atoms with Crippen LogP contribution in [0, 0.1) is 5.92 Å². The molecule has 0 bridgehead atoms. The van der Waals surface area contributed by atoms with Crippen molar-refractivity contribution in [3.8, 4) is 0 Å². The smallest absolute Gasteiger partial charge is 0.268 e. The van der Waals surface area contributed by atoms with Gasteiger partial charge < -0.3 is 11.1 Å². The monoisotopic (exact) mass is 239 g/mol. The average molecular weight is 239 g/mol. The molecule has 2 rings (SSSR count). The van der Waals surface area contributed by atoms with Crippen molar-refractivity contribution in [2.75, 3.05) is 5.32 Å². The minimum atomic E-state index is -0.572.